The van der Waals surface area contributed by atoms with Gasteiger partial charge in [0, 0.05) is 21.1 Å². The molecule has 2 nitrogen and oxygen atoms in total. The third kappa shape index (κ3) is 11.3. The van der Waals surface area contributed by atoms with Crippen molar-refractivity contribution in [3.05, 3.63) is 4.91 Å². The predicted molar refractivity (Wildman–Crippen MR) is 14.3 cm³/mol. The molecule has 0 unspecified atom stereocenters. The number of nitroso groups, excluding NO2 is 1. The molecule has 0 amide bonds. The molecule has 0 aliphatic heterocycles. The summed E-state index contributed by atoms with van der Waals surface area (Å²) in [4.78, 5) is 8.61. The van der Waals surface area contributed by atoms with Gasteiger partial charge in [0.1, 0.15) is 0 Å². The Hall–Kier alpha value is 1.11. The molecule has 0 aromatic heterocycles. The van der Waals surface area contributed by atoms with Crippen LogP contribution in [0, 0.1) is 4.91 Å². The average Bonchev–Trinajstić information content (AvgIpc) is 0.918. The molecule has 0 aromatic carbocycles. The Balaban J connectivity index is 0. The molecule has 0 aliphatic carbocycles. The minimum Gasteiger partial charge on any atom is 0 e. The Morgan fingerprint density at radius 3 is 1.75 bits per heavy atom. The molecule has 0 fully saturated rings. The minimum absolute atomic E-state index is 0. The van der Waals surface area contributed by atoms with Crippen molar-refractivity contribution < 1.29 is 21.1 Å². The molecule has 0 rings (SSSR count). The molecule has 0 atom stereocenters. The summed E-state index contributed by atoms with van der Waals surface area (Å²) in [5.41, 5.74) is 0. The normalized spacial score (nSPS) is 3.25. The van der Waals surface area contributed by atoms with E-state index in [1.165, 1.54) is 0 Å². The van der Waals surface area contributed by atoms with Crippen LogP contribution in [0.1, 0.15) is 0 Å². The number of hydrogen-bond acceptors (Lipinski definition) is 2. The molecule has 24 valence electrons. The Morgan fingerprint density at radius 2 is 1.75 bits per heavy atom. The second-order valence-corrected chi connectivity index (χ2v) is 0.707. The largest absolute Gasteiger partial charge is 0 e. The van der Waals surface area contributed by atoms with Crippen molar-refractivity contribution in [2.45, 2.75) is 0 Å². The summed E-state index contributed by atoms with van der Waals surface area (Å²) in [6.45, 7) is 0. The van der Waals surface area contributed by atoms with E-state index >= 15 is 0 Å². The van der Waals surface area contributed by atoms with Gasteiger partial charge >= 0.3 is 31.5 Å². The first-order valence-corrected chi connectivity index (χ1v) is 1.91. The third-order valence-electron chi connectivity index (χ3n) is 0. The van der Waals surface area contributed by atoms with Crippen molar-refractivity contribution >= 4 is 23.3 Å². The second-order valence-electron chi connectivity index (χ2n) is 0.105. The molecule has 0 saturated heterocycles. The van der Waals surface area contributed by atoms with Crippen LogP contribution in [0.15, 0.2) is 3.34 Å². The van der Waals surface area contributed by atoms with E-state index in [4.69, 9.17) is 4.91 Å². The fourth-order valence-corrected chi connectivity index (χ4v) is 0. The van der Waals surface area contributed by atoms with E-state index in [1.807, 2.05) is 0 Å². The van der Waals surface area contributed by atoms with Gasteiger partial charge in [-0.25, -0.2) is 0 Å². The minimum atomic E-state index is 0. The average molecular weight is 338 g/mol. The Morgan fingerprint density at radius 1 is 1.75 bits per heavy atom. The zero-order valence-corrected chi connectivity index (χ0v) is 8.07. The first kappa shape index (κ1) is 8.92. The van der Waals surface area contributed by atoms with Gasteiger partial charge in [-0.05, 0) is 0 Å². The summed E-state index contributed by atoms with van der Waals surface area (Å²) >= 11 is 0.487. The Kier molecular flexibility index (Phi) is 19.9. The second kappa shape index (κ2) is 8.93. The maximum absolute atomic E-state index is 8.61. The summed E-state index contributed by atoms with van der Waals surface area (Å²) < 4.78 is 2.38. The van der Waals surface area contributed by atoms with Crippen LogP contribution in [0.25, 0.3) is 0 Å². The number of rotatable bonds is 0. The first-order valence-electron chi connectivity index (χ1n) is 0.441. The topological polar surface area (TPSA) is 29.4 Å². The standard InChI is InChI=1S/NO.Sb.W.2H/c1-2;;;;/q-1;+1;;;. The van der Waals surface area contributed by atoms with E-state index in [1.54, 1.807) is 0 Å². The molecular formula is H2NOSbW. The maximum Gasteiger partial charge on any atom is 0 e. The molecule has 0 N–H and O–H groups in total. The van der Waals surface area contributed by atoms with Crippen LogP contribution in [-0.2, 0) is 21.1 Å². The van der Waals surface area contributed by atoms with Crippen molar-refractivity contribution in [1.29, 1.82) is 0 Å². The van der Waals surface area contributed by atoms with Gasteiger partial charge in [-0.3, -0.25) is 0 Å². The van der Waals surface area contributed by atoms with E-state index in [9.17, 15) is 0 Å². The molecule has 0 aromatic rings. The molecular weight excluding hydrogens is 336 g/mol. The van der Waals surface area contributed by atoms with E-state index < -0.39 is 0 Å². The summed E-state index contributed by atoms with van der Waals surface area (Å²) in [6.07, 6.45) is 0. The van der Waals surface area contributed by atoms with Crippen molar-refractivity contribution in [2.75, 3.05) is 0 Å². The van der Waals surface area contributed by atoms with Crippen LogP contribution < -0.4 is 0 Å². The van der Waals surface area contributed by atoms with Gasteiger partial charge in [0.15, 0.2) is 0 Å². The van der Waals surface area contributed by atoms with E-state index in [0.717, 1.165) is 0 Å². The van der Waals surface area contributed by atoms with Gasteiger partial charge < -0.3 is 0 Å². The molecule has 0 radical (unpaired) electrons. The van der Waals surface area contributed by atoms with Crippen LogP contribution in [0.4, 0.5) is 0 Å². The number of hydrogen-bond donors (Lipinski definition) is 0. The quantitative estimate of drug-likeness (QED) is 0.424. The monoisotopic (exact) mass is 337 g/mol. The van der Waals surface area contributed by atoms with Gasteiger partial charge in [0.05, 0.1) is 0 Å². The van der Waals surface area contributed by atoms with Gasteiger partial charge in [-0.2, -0.15) is 0 Å². The van der Waals surface area contributed by atoms with E-state index in [-0.39, 0.29) is 21.1 Å². The fourth-order valence-electron chi connectivity index (χ4n) is 0. The van der Waals surface area contributed by atoms with Gasteiger partial charge in [-0.1, -0.05) is 0 Å². The van der Waals surface area contributed by atoms with E-state index in [2.05, 4.69) is 3.34 Å². The SMILES string of the molecule is O=[N][SbH2].[W]. The van der Waals surface area contributed by atoms with Gasteiger partial charge in [-0.15, -0.1) is 0 Å². The molecule has 0 aliphatic rings. The van der Waals surface area contributed by atoms with Crippen LogP contribution in [0.5, 0.6) is 0 Å². The van der Waals surface area contributed by atoms with Crippen LogP contribution in [-0.4, -0.2) is 23.3 Å². The molecule has 0 spiro atoms. The summed E-state index contributed by atoms with van der Waals surface area (Å²) in [7, 11) is 0. The number of nitrogens with zero attached hydrogens (tertiary/aromatic N) is 1. The Labute approximate surface area is 52.4 Å². The molecule has 0 saturated carbocycles. The maximum atomic E-state index is 8.61. The molecule has 4 heavy (non-hydrogen) atoms. The van der Waals surface area contributed by atoms with Crippen molar-refractivity contribution in [3.8, 4) is 0 Å². The summed E-state index contributed by atoms with van der Waals surface area (Å²) in [5.74, 6) is 0. The fraction of sp³-hybridized carbons (Fsp3) is 0. The van der Waals surface area contributed by atoms with Crippen molar-refractivity contribution in [2.24, 2.45) is 3.34 Å². The zero-order chi connectivity index (χ0) is 2.71. The van der Waals surface area contributed by atoms with Crippen molar-refractivity contribution in [1.82, 2.24) is 0 Å². The van der Waals surface area contributed by atoms with Gasteiger partial charge in [0.25, 0.3) is 0 Å². The first-order chi connectivity index (χ1) is 1.41. The van der Waals surface area contributed by atoms with E-state index in [0.29, 0.717) is 23.3 Å². The van der Waals surface area contributed by atoms with Crippen molar-refractivity contribution in [3.63, 3.8) is 0 Å². The Bertz CT molecular complexity index is 15.5. The predicted octanol–water partition coefficient (Wildman–Crippen LogP) is -0.702. The molecule has 4 heteroatoms. The van der Waals surface area contributed by atoms with Gasteiger partial charge in [0.2, 0.25) is 0 Å². The van der Waals surface area contributed by atoms with Crippen LogP contribution in [0.2, 0.25) is 0 Å². The van der Waals surface area contributed by atoms with Crippen LogP contribution in [0.3, 0.4) is 0 Å². The molecule has 0 heterocycles. The molecule has 0 bridgehead atoms. The van der Waals surface area contributed by atoms with Crippen LogP contribution >= 0.6 is 0 Å². The summed E-state index contributed by atoms with van der Waals surface area (Å²) in [5, 5.41) is 0. The zero-order valence-electron chi connectivity index (χ0n) is 1.84. The summed E-state index contributed by atoms with van der Waals surface area (Å²) in [6, 6.07) is 0. The smallest absolute Gasteiger partial charge is 0 e. The third-order valence-corrected chi connectivity index (χ3v) is 0.